The van der Waals surface area contributed by atoms with Crippen LogP contribution in [0.2, 0.25) is 0 Å². The molecule has 0 radical (unpaired) electrons. The lowest BCUT2D eigenvalue weighted by Crippen LogP contribution is -2.37. The minimum atomic E-state index is 0.0962. The van der Waals surface area contributed by atoms with E-state index in [0.29, 0.717) is 6.61 Å². The fourth-order valence-electron chi connectivity index (χ4n) is 2.21. The van der Waals surface area contributed by atoms with Gasteiger partial charge in [0.2, 0.25) is 0 Å². The summed E-state index contributed by atoms with van der Waals surface area (Å²) in [5, 5.41) is 8.73. The second-order valence-corrected chi connectivity index (χ2v) is 4.62. The number of aliphatic hydroxyl groups is 1. The minimum Gasteiger partial charge on any atom is -0.397 e. The van der Waals surface area contributed by atoms with Crippen LogP contribution in [0.15, 0.2) is 12.1 Å². The topological polar surface area (TPSA) is 71.6 Å². The van der Waals surface area contributed by atoms with Crippen molar-refractivity contribution in [1.29, 1.82) is 0 Å². The quantitative estimate of drug-likeness (QED) is 0.833. The summed E-state index contributed by atoms with van der Waals surface area (Å²) in [4.78, 5) is 6.76. The van der Waals surface area contributed by atoms with Gasteiger partial charge in [0.05, 0.1) is 30.7 Å². The van der Waals surface area contributed by atoms with E-state index in [0.717, 1.165) is 43.1 Å². The Morgan fingerprint density at radius 1 is 1.44 bits per heavy atom. The van der Waals surface area contributed by atoms with Crippen LogP contribution < -0.4 is 10.6 Å². The maximum atomic E-state index is 8.73. The Kier molecular flexibility index (Phi) is 4.38. The Morgan fingerprint density at radius 2 is 2.17 bits per heavy atom. The highest BCUT2D eigenvalue weighted by Gasteiger charge is 2.20. The molecular formula is C13H21N3O2. The van der Waals surface area contributed by atoms with Crippen molar-refractivity contribution in [3.05, 3.63) is 17.8 Å². The van der Waals surface area contributed by atoms with Crippen LogP contribution in [0.3, 0.4) is 0 Å². The lowest BCUT2D eigenvalue weighted by atomic mass is 10.1. The van der Waals surface area contributed by atoms with Gasteiger partial charge < -0.3 is 20.5 Å². The summed E-state index contributed by atoms with van der Waals surface area (Å²) in [6.07, 6.45) is 2.22. The third kappa shape index (κ3) is 3.11. The van der Waals surface area contributed by atoms with Gasteiger partial charge in [0.25, 0.3) is 0 Å². The Bertz CT molecular complexity index is 390. The van der Waals surface area contributed by atoms with E-state index in [4.69, 9.17) is 15.6 Å². The maximum absolute atomic E-state index is 8.73. The van der Waals surface area contributed by atoms with E-state index < -0.39 is 0 Å². The SMILES string of the molecule is Cc1nc(N2CCC(OCCO)CC2)ccc1N. The first-order valence-corrected chi connectivity index (χ1v) is 6.41. The predicted molar refractivity (Wildman–Crippen MR) is 71.7 cm³/mol. The predicted octanol–water partition coefficient (Wildman–Crippen LogP) is 0.950. The van der Waals surface area contributed by atoms with Gasteiger partial charge in [0.15, 0.2) is 0 Å². The molecule has 3 N–H and O–H groups in total. The first-order valence-electron chi connectivity index (χ1n) is 6.41. The molecule has 2 rings (SSSR count). The number of anilines is 2. The molecule has 0 aromatic carbocycles. The molecule has 1 aromatic rings. The molecule has 0 unspecified atom stereocenters. The van der Waals surface area contributed by atoms with Crippen LogP contribution in [0, 0.1) is 6.92 Å². The number of nitrogens with two attached hydrogens (primary N) is 1. The molecule has 0 bridgehead atoms. The molecule has 0 spiro atoms. The van der Waals surface area contributed by atoms with E-state index >= 15 is 0 Å². The summed E-state index contributed by atoms with van der Waals surface area (Å²) in [7, 11) is 0. The second kappa shape index (κ2) is 6.02. The molecule has 1 aliphatic heterocycles. The number of aromatic nitrogens is 1. The molecule has 1 aromatic heterocycles. The first kappa shape index (κ1) is 13.1. The largest absolute Gasteiger partial charge is 0.397 e. The number of hydrogen-bond acceptors (Lipinski definition) is 5. The summed E-state index contributed by atoms with van der Waals surface area (Å²) >= 11 is 0. The Balaban J connectivity index is 1.90. The van der Waals surface area contributed by atoms with Crippen LogP contribution in [0.5, 0.6) is 0 Å². The second-order valence-electron chi connectivity index (χ2n) is 4.62. The van der Waals surface area contributed by atoms with Crippen molar-refractivity contribution in [2.45, 2.75) is 25.9 Å². The number of aliphatic hydroxyl groups excluding tert-OH is 1. The van der Waals surface area contributed by atoms with E-state index in [1.165, 1.54) is 0 Å². The van der Waals surface area contributed by atoms with Crippen LogP contribution in [0.4, 0.5) is 11.5 Å². The van der Waals surface area contributed by atoms with Crippen LogP contribution in [-0.4, -0.2) is 42.5 Å². The number of nitrogen functional groups attached to an aromatic ring is 1. The summed E-state index contributed by atoms with van der Waals surface area (Å²) < 4.78 is 5.54. The normalized spacial score (nSPS) is 17.1. The fraction of sp³-hybridized carbons (Fsp3) is 0.615. The molecule has 5 heteroatoms. The van der Waals surface area contributed by atoms with Gasteiger partial charge in [-0.3, -0.25) is 0 Å². The molecule has 18 heavy (non-hydrogen) atoms. The number of nitrogens with zero attached hydrogens (tertiary/aromatic N) is 2. The van der Waals surface area contributed by atoms with Gasteiger partial charge in [0, 0.05) is 13.1 Å². The van der Waals surface area contributed by atoms with E-state index in [1.807, 2.05) is 19.1 Å². The third-order valence-corrected chi connectivity index (χ3v) is 3.32. The summed E-state index contributed by atoms with van der Waals surface area (Å²) in [5.41, 5.74) is 7.39. The number of pyridine rings is 1. The monoisotopic (exact) mass is 251 g/mol. The number of rotatable bonds is 4. The Labute approximate surface area is 108 Å². The molecule has 100 valence electrons. The van der Waals surface area contributed by atoms with Gasteiger partial charge in [-0.2, -0.15) is 0 Å². The van der Waals surface area contributed by atoms with Crippen molar-refractivity contribution in [2.24, 2.45) is 0 Å². The molecular weight excluding hydrogens is 230 g/mol. The summed E-state index contributed by atoms with van der Waals surface area (Å²) in [6.45, 7) is 4.33. The van der Waals surface area contributed by atoms with Crippen molar-refractivity contribution in [3.8, 4) is 0 Å². The molecule has 1 saturated heterocycles. The molecule has 0 amide bonds. The molecule has 0 atom stereocenters. The third-order valence-electron chi connectivity index (χ3n) is 3.32. The van der Waals surface area contributed by atoms with E-state index in [2.05, 4.69) is 9.88 Å². The van der Waals surface area contributed by atoms with E-state index in [1.54, 1.807) is 0 Å². The summed E-state index contributed by atoms with van der Waals surface area (Å²) in [6, 6.07) is 3.88. The van der Waals surface area contributed by atoms with Gasteiger partial charge in [-0.25, -0.2) is 4.98 Å². The Morgan fingerprint density at radius 3 is 2.78 bits per heavy atom. The van der Waals surface area contributed by atoms with Gasteiger partial charge in [0.1, 0.15) is 5.82 Å². The first-order chi connectivity index (χ1) is 8.70. The number of piperidine rings is 1. The zero-order valence-corrected chi connectivity index (χ0v) is 10.8. The Hall–Kier alpha value is -1.33. The molecule has 0 aliphatic carbocycles. The zero-order valence-electron chi connectivity index (χ0n) is 10.8. The van der Waals surface area contributed by atoms with Crippen molar-refractivity contribution in [1.82, 2.24) is 4.98 Å². The fourth-order valence-corrected chi connectivity index (χ4v) is 2.21. The van der Waals surface area contributed by atoms with Crippen LogP contribution in [0.1, 0.15) is 18.5 Å². The number of hydrogen-bond donors (Lipinski definition) is 2. The molecule has 0 saturated carbocycles. The standard InChI is InChI=1S/C13H21N3O2/c1-10-12(14)2-3-13(15-10)16-6-4-11(5-7-16)18-9-8-17/h2-3,11,17H,4-9,14H2,1H3. The van der Waals surface area contributed by atoms with Gasteiger partial charge in [-0.15, -0.1) is 0 Å². The average molecular weight is 251 g/mol. The van der Waals surface area contributed by atoms with Gasteiger partial charge in [-0.1, -0.05) is 0 Å². The van der Waals surface area contributed by atoms with Crippen LogP contribution >= 0.6 is 0 Å². The van der Waals surface area contributed by atoms with Crippen molar-refractivity contribution < 1.29 is 9.84 Å². The highest BCUT2D eigenvalue weighted by atomic mass is 16.5. The van der Waals surface area contributed by atoms with Crippen molar-refractivity contribution >= 4 is 11.5 Å². The van der Waals surface area contributed by atoms with Crippen LogP contribution in [0.25, 0.3) is 0 Å². The van der Waals surface area contributed by atoms with Gasteiger partial charge >= 0.3 is 0 Å². The molecule has 1 aliphatic rings. The highest BCUT2D eigenvalue weighted by Crippen LogP contribution is 2.21. The molecule has 1 fully saturated rings. The highest BCUT2D eigenvalue weighted by molar-refractivity contribution is 5.50. The zero-order chi connectivity index (χ0) is 13.0. The lowest BCUT2D eigenvalue weighted by molar-refractivity contribution is 0.0158. The number of ether oxygens (including phenoxy) is 1. The van der Waals surface area contributed by atoms with Crippen molar-refractivity contribution in [3.63, 3.8) is 0 Å². The van der Waals surface area contributed by atoms with Crippen LogP contribution in [-0.2, 0) is 4.74 Å². The minimum absolute atomic E-state index is 0.0962. The van der Waals surface area contributed by atoms with Gasteiger partial charge in [-0.05, 0) is 31.9 Å². The average Bonchev–Trinajstić information content (AvgIpc) is 2.40. The van der Waals surface area contributed by atoms with Crippen molar-refractivity contribution in [2.75, 3.05) is 36.9 Å². The molecule has 5 nitrogen and oxygen atoms in total. The van der Waals surface area contributed by atoms with E-state index in [-0.39, 0.29) is 12.7 Å². The molecule has 2 heterocycles. The smallest absolute Gasteiger partial charge is 0.128 e. The lowest BCUT2D eigenvalue weighted by Gasteiger charge is -2.32. The number of aryl methyl sites for hydroxylation is 1. The summed E-state index contributed by atoms with van der Waals surface area (Å²) in [5.74, 6) is 0.988. The maximum Gasteiger partial charge on any atom is 0.128 e. The van der Waals surface area contributed by atoms with E-state index in [9.17, 15) is 0 Å².